The summed E-state index contributed by atoms with van der Waals surface area (Å²) in [6.07, 6.45) is 3.18. The summed E-state index contributed by atoms with van der Waals surface area (Å²) >= 11 is 1.38. The van der Waals surface area contributed by atoms with Crippen molar-refractivity contribution in [1.29, 1.82) is 0 Å². The molecule has 4 rings (SSSR count). The lowest BCUT2D eigenvalue weighted by molar-refractivity contribution is -0.114. The molecule has 1 aromatic carbocycles. The summed E-state index contributed by atoms with van der Waals surface area (Å²) in [5.41, 5.74) is 8.51. The molecule has 0 aliphatic carbocycles. The molecule has 3 aromatic heterocycles. The minimum absolute atomic E-state index is 0.0862. The predicted octanol–water partition coefficient (Wildman–Crippen LogP) is 2.59. The number of thiophene rings is 1. The Morgan fingerprint density at radius 3 is 2.85 bits per heavy atom. The smallest absolute Gasteiger partial charge is 0.238 e. The highest BCUT2D eigenvalue weighted by atomic mass is 32.1. The Labute approximate surface area is 158 Å². The quantitative estimate of drug-likeness (QED) is 0.521. The van der Waals surface area contributed by atoms with Crippen LogP contribution in [0.25, 0.3) is 16.9 Å². The number of nitrogens with zero attached hydrogens (tertiary/aromatic N) is 3. The van der Waals surface area contributed by atoms with E-state index < -0.39 is 0 Å². The Balaban J connectivity index is 1.77. The summed E-state index contributed by atoms with van der Waals surface area (Å²) in [7, 11) is 0. The zero-order valence-corrected chi connectivity index (χ0v) is 14.9. The van der Waals surface area contributed by atoms with Crippen LogP contribution in [0.5, 0.6) is 0 Å². The highest BCUT2D eigenvalue weighted by Gasteiger charge is 2.18. The van der Waals surface area contributed by atoms with Crippen LogP contribution in [0.15, 0.2) is 60.2 Å². The molecule has 0 unspecified atom stereocenters. The van der Waals surface area contributed by atoms with Crippen LogP contribution in [-0.4, -0.2) is 32.8 Å². The predicted molar refractivity (Wildman–Crippen MR) is 104 cm³/mol. The van der Waals surface area contributed by atoms with Crippen molar-refractivity contribution >= 4 is 34.4 Å². The lowest BCUT2D eigenvalue weighted by Crippen LogP contribution is -2.21. The fourth-order valence-corrected chi connectivity index (χ4v) is 3.46. The topological polar surface area (TPSA) is 102 Å². The van der Waals surface area contributed by atoms with Crippen molar-refractivity contribution < 1.29 is 9.59 Å². The van der Waals surface area contributed by atoms with E-state index in [1.54, 1.807) is 22.8 Å². The largest absolute Gasteiger partial charge is 0.325 e. The number of amides is 1. The van der Waals surface area contributed by atoms with Gasteiger partial charge in [0.1, 0.15) is 0 Å². The van der Waals surface area contributed by atoms with Crippen molar-refractivity contribution in [2.24, 2.45) is 5.73 Å². The number of hydrogen-bond donors (Lipinski definition) is 2. The van der Waals surface area contributed by atoms with E-state index in [-0.39, 0.29) is 18.2 Å². The number of carbonyl (C=O) groups excluding carboxylic acids is 2. The summed E-state index contributed by atoms with van der Waals surface area (Å²) in [5.74, 6) is -0.372. The molecule has 0 aliphatic rings. The number of carbonyl (C=O) groups is 2. The van der Waals surface area contributed by atoms with Crippen LogP contribution in [-0.2, 0) is 4.79 Å². The van der Waals surface area contributed by atoms with Gasteiger partial charge in [-0.3, -0.25) is 9.59 Å². The van der Waals surface area contributed by atoms with Gasteiger partial charge in [0.25, 0.3) is 0 Å². The van der Waals surface area contributed by atoms with Crippen LogP contribution in [0.3, 0.4) is 0 Å². The van der Waals surface area contributed by atoms with Gasteiger partial charge in [0.15, 0.2) is 5.65 Å². The highest BCUT2D eigenvalue weighted by molar-refractivity contribution is 7.12. The van der Waals surface area contributed by atoms with Gasteiger partial charge in [0.05, 0.1) is 28.9 Å². The van der Waals surface area contributed by atoms with Gasteiger partial charge in [-0.05, 0) is 29.6 Å². The van der Waals surface area contributed by atoms with Crippen LogP contribution in [0, 0.1) is 0 Å². The van der Waals surface area contributed by atoms with E-state index in [4.69, 9.17) is 5.73 Å². The first-order chi connectivity index (χ1) is 13.2. The van der Waals surface area contributed by atoms with Crippen LogP contribution in [0.1, 0.15) is 15.2 Å². The number of aromatic nitrogens is 3. The third-order valence-corrected chi connectivity index (χ3v) is 4.89. The number of fused-ring (bicyclic) bond motifs is 1. The van der Waals surface area contributed by atoms with Crippen molar-refractivity contribution in [3.63, 3.8) is 0 Å². The van der Waals surface area contributed by atoms with Gasteiger partial charge in [-0.25, -0.2) is 9.50 Å². The summed E-state index contributed by atoms with van der Waals surface area (Å²) in [4.78, 5) is 29.2. The van der Waals surface area contributed by atoms with Crippen molar-refractivity contribution in [3.05, 3.63) is 70.7 Å². The minimum Gasteiger partial charge on any atom is -0.325 e. The van der Waals surface area contributed by atoms with Crippen molar-refractivity contribution in [2.75, 3.05) is 11.9 Å². The molecule has 0 spiro atoms. The lowest BCUT2D eigenvalue weighted by Gasteiger charge is -2.08. The number of hydrogen-bond acceptors (Lipinski definition) is 6. The number of nitrogens with two attached hydrogens (primary N) is 1. The molecule has 134 valence electrons. The van der Waals surface area contributed by atoms with E-state index in [2.05, 4.69) is 15.4 Å². The van der Waals surface area contributed by atoms with Crippen LogP contribution in [0.2, 0.25) is 0 Å². The fraction of sp³-hybridized carbons (Fsp3) is 0.0526. The monoisotopic (exact) mass is 377 g/mol. The second-order valence-corrected chi connectivity index (χ2v) is 6.71. The summed E-state index contributed by atoms with van der Waals surface area (Å²) in [6.45, 7) is -0.0862. The van der Waals surface area contributed by atoms with Gasteiger partial charge in [-0.1, -0.05) is 18.2 Å². The van der Waals surface area contributed by atoms with Crippen LogP contribution >= 0.6 is 11.3 Å². The molecule has 0 saturated heterocycles. The molecule has 3 N–H and O–H groups in total. The average molecular weight is 377 g/mol. The van der Waals surface area contributed by atoms with Crippen LogP contribution < -0.4 is 11.1 Å². The molecule has 0 saturated carbocycles. The minimum atomic E-state index is -0.269. The maximum absolute atomic E-state index is 12.7. The molecule has 1 amide bonds. The van der Waals surface area contributed by atoms with Gasteiger partial charge in [-0.2, -0.15) is 5.10 Å². The molecule has 8 heteroatoms. The molecule has 0 radical (unpaired) electrons. The Hall–Kier alpha value is -3.36. The second kappa shape index (κ2) is 7.10. The zero-order chi connectivity index (χ0) is 18.8. The molecular formula is C19H15N5O2S. The van der Waals surface area contributed by atoms with E-state index in [1.165, 1.54) is 17.5 Å². The number of rotatable bonds is 5. The standard InChI is InChI=1S/C19H15N5O2S/c20-10-17(25)23-13-4-1-3-12(9-13)15-6-7-21-19-14(11-22-24(15)19)18(26)16-5-2-8-27-16/h1-9,11H,10,20H2,(H,23,25). The Bertz CT molecular complexity index is 1130. The molecule has 0 bridgehead atoms. The van der Waals surface area contributed by atoms with Gasteiger partial charge in [0.2, 0.25) is 11.7 Å². The molecule has 7 nitrogen and oxygen atoms in total. The molecule has 3 heterocycles. The second-order valence-electron chi connectivity index (χ2n) is 5.76. The maximum Gasteiger partial charge on any atom is 0.238 e. The molecule has 27 heavy (non-hydrogen) atoms. The number of nitrogens with one attached hydrogen (secondary N) is 1. The summed E-state index contributed by atoms with van der Waals surface area (Å²) in [5, 5.41) is 8.95. The van der Waals surface area contributed by atoms with E-state index in [0.717, 1.165) is 11.3 Å². The number of benzene rings is 1. The van der Waals surface area contributed by atoms with E-state index in [9.17, 15) is 9.59 Å². The number of anilines is 1. The van der Waals surface area contributed by atoms with Crippen molar-refractivity contribution in [1.82, 2.24) is 14.6 Å². The average Bonchev–Trinajstić information content (AvgIpc) is 3.37. The Morgan fingerprint density at radius 1 is 1.19 bits per heavy atom. The maximum atomic E-state index is 12.7. The summed E-state index contributed by atoms with van der Waals surface area (Å²) < 4.78 is 1.63. The molecule has 4 aromatic rings. The van der Waals surface area contributed by atoms with Gasteiger partial charge in [-0.15, -0.1) is 11.3 Å². The van der Waals surface area contributed by atoms with Gasteiger partial charge >= 0.3 is 0 Å². The SMILES string of the molecule is NCC(=O)Nc1cccc(-c2ccnc3c(C(=O)c4cccs4)cnn23)c1. The third kappa shape index (κ3) is 3.23. The first-order valence-electron chi connectivity index (χ1n) is 8.18. The third-order valence-electron chi connectivity index (χ3n) is 4.02. The lowest BCUT2D eigenvalue weighted by atomic mass is 10.1. The Kier molecular flexibility index (Phi) is 4.49. The molecular weight excluding hydrogens is 362 g/mol. The van der Waals surface area contributed by atoms with E-state index in [0.29, 0.717) is 21.8 Å². The zero-order valence-electron chi connectivity index (χ0n) is 14.1. The summed E-state index contributed by atoms with van der Waals surface area (Å²) in [6, 6.07) is 12.8. The normalized spacial score (nSPS) is 10.9. The van der Waals surface area contributed by atoms with Crippen molar-refractivity contribution in [2.45, 2.75) is 0 Å². The molecule has 0 aliphatic heterocycles. The first-order valence-corrected chi connectivity index (χ1v) is 9.06. The molecule has 0 atom stereocenters. The van der Waals surface area contributed by atoms with Crippen LogP contribution in [0.4, 0.5) is 5.69 Å². The highest BCUT2D eigenvalue weighted by Crippen LogP contribution is 2.25. The van der Waals surface area contributed by atoms with E-state index in [1.807, 2.05) is 35.7 Å². The Morgan fingerprint density at radius 2 is 2.07 bits per heavy atom. The fourth-order valence-electron chi connectivity index (χ4n) is 2.78. The van der Waals surface area contributed by atoms with Crippen molar-refractivity contribution in [3.8, 4) is 11.3 Å². The first kappa shape index (κ1) is 17.1. The van der Waals surface area contributed by atoms with Gasteiger partial charge in [0, 0.05) is 17.4 Å². The number of ketones is 1. The van der Waals surface area contributed by atoms with Gasteiger partial charge < -0.3 is 11.1 Å². The molecule has 0 fully saturated rings. The van der Waals surface area contributed by atoms with E-state index >= 15 is 0 Å².